The van der Waals surface area contributed by atoms with E-state index >= 15 is 0 Å². The molecule has 0 aliphatic rings. The van der Waals surface area contributed by atoms with E-state index in [4.69, 9.17) is 0 Å². The Morgan fingerprint density at radius 2 is 2.00 bits per heavy atom. The molecule has 2 aromatic rings. The quantitative estimate of drug-likeness (QED) is 0.599. The number of aromatic nitrogens is 3. The van der Waals surface area contributed by atoms with Crippen molar-refractivity contribution in [1.82, 2.24) is 14.8 Å². The maximum atomic E-state index is 10.6. The molecule has 0 bridgehead atoms. The Hall–Kier alpha value is -2.84. The van der Waals surface area contributed by atoms with Gasteiger partial charge < -0.3 is 10.1 Å². The van der Waals surface area contributed by atoms with Crippen molar-refractivity contribution >= 4 is 11.5 Å². The highest BCUT2D eigenvalue weighted by Gasteiger charge is 2.16. The summed E-state index contributed by atoms with van der Waals surface area (Å²) in [5.41, 5.74) is 0.295. The van der Waals surface area contributed by atoms with Crippen LogP contribution in [-0.2, 0) is 0 Å². The predicted molar refractivity (Wildman–Crippen MR) is 59.4 cm³/mol. The molecule has 2 rings (SSSR count). The van der Waals surface area contributed by atoms with Crippen molar-refractivity contribution in [2.45, 2.75) is 6.92 Å². The van der Waals surface area contributed by atoms with Gasteiger partial charge in [-0.2, -0.15) is 0 Å². The Bertz CT molecular complexity index is 636. The standard InChI is InChI=1S/C9H7N5O4/c1-6-4-9(10-5-7(6)13(15)16)12-3-2-8(11-12)14(17)18/h2-5H,1H3. The van der Waals surface area contributed by atoms with Crippen LogP contribution in [0.15, 0.2) is 24.5 Å². The fourth-order valence-electron chi connectivity index (χ4n) is 1.39. The average molecular weight is 249 g/mol. The van der Waals surface area contributed by atoms with Gasteiger partial charge in [-0.15, -0.1) is 4.68 Å². The molecule has 0 radical (unpaired) electrons. The van der Waals surface area contributed by atoms with Gasteiger partial charge in [0, 0.05) is 5.56 Å². The van der Waals surface area contributed by atoms with Crippen LogP contribution >= 0.6 is 0 Å². The SMILES string of the molecule is Cc1cc(-n2ccc([N+](=O)[O-])n2)ncc1[N+](=O)[O-]. The zero-order valence-electron chi connectivity index (χ0n) is 9.18. The zero-order valence-corrected chi connectivity index (χ0v) is 9.18. The molecule has 0 unspecified atom stereocenters. The van der Waals surface area contributed by atoms with Gasteiger partial charge in [0.25, 0.3) is 5.69 Å². The molecule has 92 valence electrons. The van der Waals surface area contributed by atoms with E-state index in [9.17, 15) is 20.2 Å². The Labute approximate surface area is 100.0 Å². The molecular formula is C9H7N5O4. The lowest BCUT2D eigenvalue weighted by Gasteiger charge is -1.99. The summed E-state index contributed by atoms with van der Waals surface area (Å²) in [6.07, 6.45) is 2.46. The van der Waals surface area contributed by atoms with Crippen LogP contribution in [0.5, 0.6) is 0 Å². The number of aryl methyl sites for hydroxylation is 1. The van der Waals surface area contributed by atoms with Gasteiger partial charge in [0.15, 0.2) is 5.82 Å². The lowest BCUT2D eigenvalue weighted by Crippen LogP contribution is -2.01. The van der Waals surface area contributed by atoms with Crippen molar-refractivity contribution in [1.29, 1.82) is 0 Å². The molecule has 0 N–H and O–H groups in total. The van der Waals surface area contributed by atoms with E-state index in [-0.39, 0.29) is 17.3 Å². The first kappa shape index (κ1) is 11.6. The van der Waals surface area contributed by atoms with Crippen molar-refractivity contribution < 1.29 is 9.85 Å². The molecule has 9 nitrogen and oxygen atoms in total. The summed E-state index contributed by atoms with van der Waals surface area (Å²) in [7, 11) is 0. The van der Waals surface area contributed by atoms with Gasteiger partial charge >= 0.3 is 5.82 Å². The predicted octanol–water partition coefficient (Wildman–Crippen LogP) is 1.39. The number of hydrogen-bond acceptors (Lipinski definition) is 6. The average Bonchev–Trinajstić information content (AvgIpc) is 2.77. The van der Waals surface area contributed by atoms with Crippen molar-refractivity contribution in [2.24, 2.45) is 0 Å². The van der Waals surface area contributed by atoms with Gasteiger partial charge in [0.1, 0.15) is 6.20 Å². The molecule has 2 aromatic heterocycles. The highest BCUT2D eigenvalue weighted by atomic mass is 16.6. The first-order valence-corrected chi connectivity index (χ1v) is 4.80. The van der Waals surface area contributed by atoms with Gasteiger partial charge in [-0.05, 0) is 17.9 Å². The van der Waals surface area contributed by atoms with Crippen LogP contribution in [-0.4, -0.2) is 24.6 Å². The summed E-state index contributed by atoms with van der Waals surface area (Å²) < 4.78 is 1.19. The van der Waals surface area contributed by atoms with E-state index in [1.165, 1.54) is 23.0 Å². The summed E-state index contributed by atoms with van der Waals surface area (Å²) in [6, 6.07) is 2.66. The summed E-state index contributed by atoms with van der Waals surface area (Å²) in [5.74, 6) is -0.0287. The molecule has 0 aliphatic carbocycles. The molecule has 0 saturated carbocycles. The van der Waals surface area contributed by atoms with E-state index in [1.807, 2.05) is 0 Å². The number of nitro groups is 2. The first-order valence-electron chi connectivity index (χ1n) is 4.80. The van der Waals surface area contributed by atoms with Gasteiger partial charge in [-0.25, -0.2) is 4.98 Å². The summed E-state index contributed by atoms with van der Waals surface area (Å²) in [5, 5.41) is 24.8. The van der Waals surface area contributed by atoms with E-state index in [2.05, 4.69) is 10.1 Å². The fraction of sp³-hybridized carbons (Fsp3) is 0.111. The minimum absolute atomic E-state index is 0.111. The molecule has 0 atom stereocenters. The van der Waals surface area contributed by atoms with E-state index in [0.29, 0.717) is 5.56 Å². The second-order valence-electron chi connectivity index (χ2n) is 3.46. The molecule has 18 heavy (non-hydrogen) atoms. The number of rotatable bonds is 3. The van der Waals surface area contributed by atoms with Crippen molar-refractivity contribution in [2.75, 3.05) is 0 Å². The molecule has 0 aliphatic heterocycles. The van der Waals surface area contributed by atoms with Gasteiger partial charge in [0.05, 0.1) is 22.3 Å². The molecule has 0 fully saturated rings. The minimum Gasteiger partial charge on any atom is -0.358 e. The van der Waals surface area contributed by atoms with E-state index < -0.39 is 9.85 Å². The normalized spacial score (nSPS) is 10.3. The molecule has 0 amide bonds. The minimum atomic E-state index is -0.630. The lowest BCUT2D eigenvalue weighted by atomic mass is 10.2. The van der Waals surface area contributed by atoms with Crippen LogP contribution in [0, 0.1) is 27.2 Å². The van der Waals surface area contributed by atoms with E-state index in [1.54, 1.807) is 6.92 Å². The Morgan fingerprint density at radius 1 is 1.28 bits per heavy atom. The van der Waals surface area contributed by atoms with Crippen LogP contribution in [0.3, 0.4) is 0 Å². The monoisotopic (exact) mass is 249 g/mol. The summed E-state index contributed by atoms with van der Waals surface area (Å²) >= 11 is 0. The van der Waals surface area contributed by atoms with Crippen LogP contribution < -0.4 is 0 Å². The summed E-state index contributed by atoms with van der Waals surface area (Å²) in [6.45, 7) is 1.56. The highest BCUT2D eigenvalue weighted by Crippen LogP contribution is 2.19. The van der Waals surface area contributed by atoms with Gasteiger partial charge in [-0.1, -0.05) is 0 Å². The highest BCUT2D eigenvalue weighted by molar-refractivity contribution is 5.41. The molecular weight excluding hydrogens is 242 g/mol. The van der Waals surface area contributed by atoms with Crippen LogP contribution in [0.1, 0.15) is 5.56 Å². The maximum Gasteiger partial charge on any atom is 0.390 e. The zero-order chi connectivity index (χ0) is 13.3. The van der Waals surface area contributed by atoms with E-state index in [0.717, 1.165) is 6.20 Å². The van der Waals surface area contributed by atoms with Crippen LogP contribution in [0.2, 0.25) is 0 Å². The van der Waals surface area contributed by atoms with Crippen LogP contribution in [0.25, 0.3) is 5.82 Å². The van der Waals surface area contributed by atoms with Crippen LogP contribution in [0.4, 0.5) is 11.5 Å². The van der Waals surface area contributed by atoms with Gasteiger partial charge in [-0.3, -0.25) is 10.1 Å². The second kappa shape index (κ2) is 4.20. The second-order valence-corrected chi connectivity index (χ2v) is 3.46. The third-order valence-corrected chi connectivity index (χ3v) is 2.26. The topological polar surface area (TPSA) is 117 Å². The Kier molecular flexibility index (Phi) is 2.72. The number of pyridine rings is 1. The molecule has 2 heterocycles. The third kappa shape index (κ3) is 2.00. The number of nitrogens with zero attached hydrogens (tertiary/aromatic N) is 5. The van der Waals surface area contributed by atoms with Gasteiger partial charge in [0.2, 0.25) is 0 Å². The lowest BCUT2D eigenvalue weighted by molar-refractivity contribution is -0.389. The largest absolute Gasteiger partial charge is 0.390 e. The van der Waals surface area contributed by atoms with Crippen molar-refractivity contribution in [3.05, 3.63) is 50.3 Å². The van der Waals surface area contributed by atoms with Crippen molar-refractivity contribution in [3.8, 4) is 5.82 Å². The maximum absolute atomic E-state index is 10.6. The first-order chi connectivity index (χ1) is 8.49. The Morgan fingerprint density at radius 3 is 2.50 bits per heavy atom. The number of hydrogen-bond donors (Lipinski definition) is 0. The molecule has 0 spiro atoms. The summed E-state index contributed by atoms with van der Waals surface area (Å²) in [4.78, 5) is 23.8. The molecule has 0 saturated heterocycles. The molecule has 0 aromatic carbocycles. The third-order valence-electron chi connectivity index (χ3n) is 2.26. The smallest absolute Gasteiger partial charge is 0.358 e. The van der Waals surface area contributed by atoms with Crippen molar-refractivity contribution in [3.63, 3.8) is 0 Å². The Balaban J connectivity index is 2.42. The molecule has 9 heteroatoms. The fourth-order valence-corrected chi connectivity index (χ4v) is 1.39.